The number of carboxylic acids is 1. The van der Waals surface area contributed by atoms with E-state index >= 15 is 0 Å². The summed E-state index contributed by atoms with van der Waals surface area (Å²) in [5.74, 6) is 0.271. The van der Waals surface area contributed by atoms with Crippen molar-refractivity contribution < 1.29 is 15.0 Å². The van der Waals surface area contributed by atoms with Crippen LogP contribution in [0.2, 0.25) is 0 Å². The van der Waals surface area contributed by atoms with Crippen LogP contribution in [-0.2, 0) is 4.79 Å². The number of rotatable bonds is 12. The zero-order chi connectivity index (χ0) is 14.7. The smallest absolute Gasteiger partial charge is 0.323 e. The van der Waals surface area contributed by atoms with E-state index in [0.29, 0.717) is 11.7 Å². The third-order valence-electron chi connectivity index (χ3n) is 3.25. The van der Waals surface area contributed by atoms with Gasteiger partial charge in [0.2, 0.25) is 0 Å². The second kappa shape index (κ2) is 10.5. The Balaban J connectivity index is 3.84. The average Bonchev–Trinajstić information content (AvgIpc) is 2.36. The average molecular weight is 291 g/mol. The number of carbonyl (C=O) groups is 1. The molecule has 2 atom stereocenters. The van der Waals surface area contributed by atoms with Crippen LogP contribution < -0.4 is 5.32 Å². The molecule has 0 aromatic rings. The number of hydrogen-bond acceptors (Lipinski definition) is 4. The van der Waals surface area contributed by atoms with E-state index < -0.39 is 11.5 Å². The van der Waals surface area contributed by atoms with Crippen LogP contribution in [0, 0.1) is 0 Å². The lowest BCUT2D eigenvalue weighted by Gasteiger charge is -2.26. The molecule has 0 aliphatic rings. The molecule has 5 heteroatoms. The summed E-state index contributed by atoms with van der Waals surface area (Å²) in [4.78, 5) is 11.3. The molecule has 0 fully saturated rings. The Morgan fingerprint density at radius 2 is 2.11 bits per heavy atom. The topological polar surface area (TPSA) is 69.6 Å². The SMILES string of the molecule is CCCNC(C)(CCCCSC(C)CCO)C(=O)O. The highest BCUT2D eigenvalue weighted by Crippen LogP contribution is 2.19. The Morgan fingerprint density at radius 3 is 2.63 bits per heavy atom. The molecule has 0 aliphatic heterocycles. The molecule has 0 saturated heterocycles. The van der Waals surface area contributed by atoms with E-state index in [4.69, 9.17) is 5.11 Å². The highest BCUT2D eigenvalue weighted by atomic mass is 32.2. The molecular formula is C14H29NO3S. The van der Waals surface area contributed by atoms with Crippen molar-refractivity contribution in [3.05, 3.63) is 0 Å². The molecule has 114 valence electrons. The Kier molecular flexibility index (Phi) is 10.4. The van der Waals surface area contributed by atoms with Crippen molar-refractivity contribution in [1.82, 2.24) is 5.32 Å². The monoisotopic (exact) mass is 291 g/mol. The summed E-state index contributed by atoms with van der Waals surface area (Å²) in [5, 5.41) is 21.7. The third kappa shape index (κ3) is 8.50. The Morgan fingerprint density at radius 1 is 1.42 bits per heavy atom. The molecule has 4 nitrogen and oxygen atoms in total. The zero-order valence-corrected chi connectivity index (χ0v) is 13.3. The molecule has 0 bridgehead atoms. The van der Waals surface area contributed by atoms with Gasteiger partial charge in [0.05, 0.1) is 0 Å². The minimum absolute atomic E-state index is 0.242. The lowest BCUT2D eigenvalue weighted by Crippen LogP contribution is -2.49. The molecule has 0 spiro atoms. The molecule has 0 aromatic carbocycles. The molecule has 0 saturated carbocycles. The molecule has 0 amide bonds. The van der Waals surface area contributed by atoms with Crippen LogP contribution in [0.5, 0.6) is 0 Å². The van der Waals surface area contributed by atoms with Crippen molar-refractivity contribution in [3.63, 3.8) is 0 Å². The molecule has 0 aromatic heterocycles. The van der Waals surface area contributed by atoms with Crippen molar-refractivity contribution in [2.24, 2.45) is 0 Å². The normalized spacial score (nSPS) is 16.0. The molecule has 0 heterocycles. The van der Waals surface area contributed by atoms with Gasteiger partial charge in [-0.1, -0.05) is 20.3 Å². The molecule has 0 rings (SSSR count). The van der Waals surface area contributed by atoms with Crippen molar-refractivity contribution >= 4 is 17.7 Å². The Bertz CT molecular complexity index is 251. The standard InChI is InChI=1S/C14H29NO3S/c1-4-9-15-14(3,13(17)18)8-5-6-11-19-12(2)7-10-16/h12,15-16H,4-11H2,1-3H3,(H,17,18). The number of thioether (sulfide) groups is 1. The lowest BCUT2D eigenvalue weighted by atomic mass is 9.95. The fraction of sp³-hybridized carbons (Fsp3) is 0.929. The fourth-order valence-electron chi connectivity index (χ4n) is 1.80. The molecule has 0 aliphatic carbocycles. The van der Waals surface area contributed by atoms with Crippen molar-refractivity contribution in [3.8, 4) is 0 Å². The van der Waals surface area contributed by atoms with E-state index in [2.05, 4.69) is 12.2 Å². The predicted molar refractivity (Wildman–Crippen MR) is 81.8 cm³/mol. The third-order valence-corrected chi connectivity index (χ3v) is 4.58. The number of carboxylic acid groups (broad SMARTS) is 1. The van der Waals surface area contributed by atoms with Gasteiger partial charge in [0.1, 0.15) is 5.54 Å². The molecule has 0 radical (unpaired) electrons. The summed E-state index contributed by atoms with van der Waals surface area (Å²) < 4.78 is 0. The van der Waals surface area contributed by atoms with Crippen LogP contribution in [0.25, 0.3) is 0 Å². The molecule has 3 N–H and O–H groups in total. The highest BCUT2D eigenvalue weighted by molar-refractivity contribution is 7.99. The van der Waals surface area contributed by atoms with Gasteiger partial charge in [-0.2, -0.15) is 11.8 Å². The minimum atomic E-state index is -0.794. The van der Waals surface area contributed by atoms with Crippen LogP contribution in [0.3, 0.4) is 0 Å². The maximum Gasteiger partial charge on any atom is 0.323 e. The predicted octanol–water partition coefficient (Wildman–Crippen LogP) is 2.50. The Labute approximate surface area is 121 Å². The van der Waals surface area contributed by atoms with Crippen LogP contribution in [0.1, 0.15) is 52.9 Å². The lowest BCUT2D eigenvalue weighted by molar-refractivity contribution is -0.144. The summed E-state index contributed by atoms with van der Waals surface area (Å²) in [5.41, 5.74) is -0.794. The van der Waals surface area contributed by atoms with Gasteiger partial charge in [-0.15, -0.1) is 0 Å². The number of aliphatic carboxylic acids is 1. The zero-order valence-electron chi connectivity index (χ0n) is 12.4. The highest BCUT2D eigenvalue weighted by Gasteiger charge is 2.31. The van der Waals surface area contributed by atoms with Crippen LogP contribution in [0.15, 0.2) is 0 Å². The van der Waals surface area contributed by atoms with Crippen molar-refractivity contribution in [2.45, 2.75) is 63.7 Å². The van der Waals surface area contributed by atoms with Crippen molar-refractivity contribution in [2.75, 3.05) is 18.9 Å². The van der Waals surface area contributed by atoms with Gasteiger partial charge in [0, 0.05) is 11.9 Å². The second-order valence-corrected chi connectivity index (χ2v) is 6.76. The molecule has 19 heavy (non-hydrogen) atoms. The minimum Gasteiger partial charge on any atom is -0.480 e. The first-order chi connectivity index (χ1) is 8.96. The van der Waals surface area contributed by atoms with Gasteiger partial charge in [-0.05, 0) is 44.9 Å². The van der Waals surface area contributed by atoms with Gasteiger partial charge in [0.25, 0.3) is 0 Å². The molecular weight excluding hydrogens is 262 g/mol. The number of aliphatic hydroxyl groups is 1. The first-order valence-electron chi connectivity index (χ1n) is 7.17. The summed E-state index contributed by atoms with van der Waals surface area (Å²) >= 11 is 1.85. The van der Waals surface area contributed by atoms with Gasteiger partial charge in [-0.3, -0.25) is 4.79 Å². The van der Waals surface area contributed by atoms with E-state index in [-0.39, 0.29) is 6.61 Å². The van der Waals surface area contributed by atoms with Crippen LogP contribution in [-0.4, -0.2) is 45.9 Å². The van der Waals surface area contributed by atoms with E-state index in [9.17, 15) is 9.90 Å². The van der Waals surface area contributed by atoms with Gasteiger partial charge in [-0.25, -0.2) is 0 Å². The van der Waals surface area contributed by atoms with E-state index in [1.807, 2.05) is 18.7 Å². The quantitative estimate of drug-likeness (QED) is 0.482. The first kappa shape index (κ1) is 18.7. The first-order valence-corrected chi connectivity index (χ1v) is 8.22. The van der Waals surface area contributed by atoms with Gasteiger partial charge >= 0.3 is 5.97 Å². The van der Waals surface area contributed by atoms with Crippen molar-refractivity contribution in [1.29, 1.82) is 0 Å². The van der Waals surface area contributed by atoms with Crippen LogP contribution in [0.4, 0.5) is 0 Å². The van der Waals surface area contributed by atoms with Crippen LogP contribution >= 0.6 is 11.8 Å². The fourth-order valence-corrected chi connectivity index (χ4v) is 2.85. The number of unbranched alkanes of at least 4 members (excludes halogenated alkanes) is 1. The second-order valence-electron chi connectivity index (χ2n) is 5.21. The van der Waals surface area contributed by atoms with E-state index in [0.717, 1.165) is 38.0 Å². The molecule has 2 unspecified atom stereocenters. The van der Waals surface area contributed by atoms with Gasteiger partial charge in [0.15, 0.2) is 0 Å². The van der Waals surface area contributed by atoms with Gasteiger partial charge < -0.3 is 15.5 Å². The largest absolute Gasteiger partial charge is 0.480 e. The summed E-state index contributed by atoms with van der Waals surface area (Å²) in [6, 6.07) is 0. The number of nitrogens with one attached hydrogen (secondary N) is 1. The number of aliphatic hydroxyl groups excluding tert-OH is 1. The summed E-state index contributed by atoms with van der Waals surface area (Å²) in [6.07, 6.45) is 4.37. The van der Waals surface area contributed by atoms with E-state index in [1.165, 1.54) is 0 Å². The Hall–Kier alpha value is -0.260. The van der Waals surface area contributed by atoms with E-state index in [1.54, 1.807) is 6.92 Å². The number of hydrogen-bond donors (Lipinski definition) is 3. The summed E-state index contributed by atoms with van der Waals surface area (Å²) in [6.45, 7) is 6.91. The maximum atomic E-state index is 11.3. The maximum absolute atomic E-state index is 11.3. The summed E-state index contributed by atoms with van der Waals surface area (Å²) in [7, 11) is 0.